The molecule has 174 valence electrons. The number of pyridine rings is 1. The number of halogens is 3. The normalized spacial score (nSPS) is 16.5. The van der Waals surface area contributed by atoms with Gasteiger partial charge in [-0.3, -0.25) is 14.6 Å². The summed E-state index contributed by atoms with van der Waals surface area (Å²) in [5, 5.41) is 10.7. The largest absolute Gasteiger partial charge is 0.390 e. The first-order chi connectivity index (χ1) is 15.8. The van der Waals surface area contributed by atoms with Gasteiger partial charge in [-0.05, 0) is 30.7 Å². The molecule has 1 aliphatic rings. The third kappa shape index (κ3) is 5.67. The highest BCUT2D eigenvalue weighted by molar-refractivity contribution is 6.08. The van der Waals surface area contributed by atoms with Crippen LogP contribution < -0.4 is 10.6 Å². The van der Waals surface area contributed by atoms with Crippen LogP contribution in [0.4, 0.5) is 18.9 Å². The van der Waals surface area contributed by atoms with Gasteiger partial charge in [0, 0.05) is 24.7 Å². The summed E-state index contributed by atoms with van der Waals surface area (Å²) in [5.41, 5.74) is -0.00655. The Balaban J connectivity index is 1.56. The Labute approximate surface area is 187 Å². The summed E-state index contributed by atoms with van der Waals surface area (Å²) in [4.78, 5) is 29.6. The van der Waals surface area contributed by atoms with Crippen LogP contribution in [-0.4, -0.2) is 45.9 Å². The maximum absolute atomic E-state index is 12.8. The second-order valence-electron chi connectivity index (χ2n) is 7.68. The molecule has 0 aliphatic carbocycles. The Morgan fingerprint density at radius 2 is 1.94 bits per heavy atom. The Morgan fingerprint density at radius 3 is 2.67 bits per heavy atom. The van der Waals surface area contributed by atoms with E-state index >= 15 is 0 Å². The molecule has 1 fully saturated rings. The number of amides is 2. The Kier molecular flexibility index (Phi) is 6.59. The average molecular weight is 461 g/mol. The molecule has 1 saturated heterocycles. The number of nitrogens with one attached hydrogen (secondary N) is 2. The molecule has 33 heavy (non-hydrogen) atoms. The molecule has 1 aromatic carbocycles. The summed E-state index contributed by atoms with van der Waals surface area (Å²) in [6, 6.07) is 9.01. The fourth-order valence-electron chi connectivity index (χ4n) is 3.53. The van der Waals surface area contributed by atoms with Crippen LogP contribution in [0.15, 0.2) is 42.7 Å². The van der Waals surface area contributed by atoms with Crippen molar-refractivity contribution in [1.82, 2.24) is 20.1 Å². The van der Waals surface area contributed by atoms with E-state index in [1.54, 1.807) is 12.3 Å². The number of carbonyl (C=O) groups excluding carboxylic acids is 2. The number of alkyl halides is 3. The number of rotatable bonds is 6. The highest BCUT2D eigenvalue weighted by Crippen LogP contribution is 2.26. The van der Waals surface area contributed by atoms with Gasteiger partial charge in [0.1, 0.15) is 11.9 Å². The van der Waals surface area contributed by atoms with Crippen LogP contribution in [0.5, 0.6) is 0 Å². The van der Waals surface area contributed by atoms with Crippen molar-refractivity contribution in [2.24, 2.45) is 0 Å². The predicted octanol–water partition coefficient (Wildman–Crippen LogP) is 4.06. The molecule has 0 radical (unpaired) electrons. The second kappa shape index (κ2) is 9.57. The number of hydrogen-bond acceptors (Lipinski definition) is 5. The van der Waals surface area contributed by atoms with Crippen molar-refractivity contribution in [2.75, 3.05) is 18.5 Å². The molecule has 1 atom stereocenters. The number of aromatic nitrogens is 3. The lowest BCUT2D eigenvalue weighted by atomic mass is 10.1. The molecule has 1 unspecified atom stereocenters. The molecule has 1 aliphatic heterocycles. The van der Waals surface area contributed by atoms with Crippen LogP contribution in [0.25, 0.3) is 10.8 Å². The van der Waals surface area contributed by atoms with Crippen LogP contribution in [0.1, 0.15) is 52.9 Å². The van der Waals surface area contributed by atoms with E-state index in [1.165, 1.54) is 10.9 Å². The van der Waals surface area contributed by atoms with E-state index in [2.05, 4.69) is 20.7 Å². The van der Waals surface area contributed by atoms with Gasteiger partial charge in [0.25, 0.3) is 11.8 Å². The van der Waals surface area contributed by atoms with Crippen LogP contribution in [-0.2, 0) is 4.74 Å². The number of fused-ring (bicyclic) bond motifs is 1. The summed E-state index contributed by atoms with van der Waals surface area (Å²) in [6.45, 7) is -0.0743. The molecular formula is C22H22F3N5O3. The molecule has 2 aromatic heterocycles. The predicted molar refractivity (Wildman–Crippen MR) is 114 cm³/mol. The van der Waals surface area contributed by atoms with Crippen molar-refractivity contribution in [3.63, 3.8) is 0 Å². The Hall–Kier alpha value is -3.47. The lowest BCUT2D eigenvalue weighted by Crippen LogP contribution is -2.29. The van der Waals surface area contributed by atoms with Gasteiger partial charge in [-0.25, -0.2) is 4.68 Å². The number of ether oxygens (including phenoxy) is 1. The van der Waals surface area contributed by atoms with Gasteiger partial charge in [0.2, 0.25) is 0 Å². The van der Waals surface area contributed by atoms with Crippen molar-refractivity contribution < 1.29 is 27.5 Å². The molecule has 8 nitrogen and oxygen atoms in total. The zero-order chi connectivity index (χ0) is 23.4. The van der Waals surface area contributed by atoms with Gasteiger partial charge < -0.3 is 15.4 Å². The molecular weight excluding hydrogens is 439 g/mol. The number of anilines is 1. The van der Waals surface area contributed by atoms with Gasteiger partial charge in [0.05, 0.1) is 18.3 Å². The van der Waals surface area contributed by atoms with Gasteiger partial charge in [-0.1, -0.05) is 24.3 Å². The zero-order valence-electron chi connectivity index (χ0n) is 17.6. The third-order valence-corrected chi connectivity index (χ3v) is 5.20. The highest BCUT2D eigenvalue weighted by atomic mass is 19.4. The minimum Gasteiger partial charge on any atom is -0.357 e. The van der Waals surface area contributed by atoms with Crippen LogP contribution in [0.3, 0.4) is 0 Å². The molecule has 0 spiro atoms. The number of benzene rings is 1. The summed E-state index contributed by atoms with van der Waals surface area (Å²) in [6.07, 6.45) is -0.516. The van der Waals surface area contributed by atoms with Crippen molar-refractivity contribution in [3.05, 3.63) is 54.1 Å². The molecule has 0 saturated carbocycles. The van der Waals surface area contributed by atoms with Gasteiger partial charge in [-0.2, -0.15) is 18.3 Å². The van der Waals surface area contributed by atoms with Crippen molar-refractivity contribution in [1.29, 1.82) is 0 Å². The van der Waals surface area contributed by atoms with Crippen molar-refractivity contribution in [3.8, 4) is 0 Å². The van der Waals surface area contributed by atoms with E-state index < -0.39 is 37.2 Å². The highest BCUT2D eigenvalue weighted by Gasteiger charge is 2.28. The third-order valence-electron chi connectivity index (χ3n) is 5.20. The summed E-state index contributed by atoms with van der Waals surface area (Å²) in [7, 11) is 0. The quantitative estimate of drug-likeness (QED) is 0.577. The molecule has 4 rings (SSSR count). The first-order valence-electron chi connectivity index (χ1n) is 10.5. The summed E-state index contributed by atoms with van der Waals surface area (Å²) in [5.74, 6) is -1.40. The van der Waals surface area contributed by atoms with E-state index in [-0.39, 0.29) is 17.1 Å². The maximum Gasteiger partial charge on any atom is 0.390 e. The lowest BCUT2D eigenvalue weighted by Gasteiger charge is -2.22. The van der Waals surface area contributed by atoms with Gasteiger partial charge in [0.15, 0.2) is 5.69 Å². The monoisotopic (exact) mass is 461 g/mol. The zero-order valence-corrected chi connectivity index (χ0v) is 17.6. The van der Waals surface area contributed by atoms with E-state index in [0.29, 0.717) is 13.0 Å². The minimum absolute atomic E-state index is 0.0636. The second-order valence-corrected chi connectivity index (χ2v) is 7.68. The van der Waals surface area contributed by atoms with Gasteiger partial charge >= 0.3 is 6.18 Å². The SMILES string of the molecule is O=C(Nc1cn(C2CCCCO2)nc1C(=O)NCCC(F)(F)F)c1cc2ccccc2cn1. The van der Waals surface area contributed by atoms with Crippen LogP contribution >= 0.6 is 0 Å². The molecule has 3 aromatic rings. The summed E-state index contributed by atoms with van der Waals surface area (Å²) >= 11 is 0. The molecule has 3 heterocycles. The molecule has 2 amide bonds. The standard InChI is InChI=1S/C22H22F3N5O3/c23-22(24,25)8-9-26-21(32)19-17(13-30(29-19)18-7-3-4-10-33-18)28-20(31)16-11-14-5-1-2-6-15(14)12-27-16/h1-2,5-6,11-13,18H,3-4,7-10H2,(H,26,32)(H,28,31). The molecule has 0 bridgehead atoms. The number of hydrogen-bond donors (Lipinski definition) is 2. The Bertz CT molecular complexity index is 1160. The fourth-order valence-corrected chi connectivity index (χ4v) is 3.53. The van der Waals surface area contributed by atoms with E-state index in [9.17, 15) is 22.8 Å². The fraction of sp³-hybridized carbons (Fsp3) is 0.364. The molecule has 11 heteroatoms. The molecule has 2 N–H and O–H groups in total. The number of carbonyl (C=O) groups is 2. The lowest BCUT2D eigenvalue weighted by molar-refractivity contribution is -0.133. The number of nitrogens with zero attached hydrogens (tertiary/aromatic N) is 3. The summed E-state index contributed by atoms with van der Waals surface area (Å²) < 4.78 is 44.5. The van der Waals surface area contributed by atoms with E-state index in [4.69, 9.17) is 4.74 Å². The van der Waals surface area contributed by atoms with E-state index in [1.807, 2.05) is 24.3 Å². The van der Waals surface area contributed by atoms with Crippen LogP contribution in [0, 0.1) is 0 Å². The van der Waals surface area contributed by atoms with E-state index in [0.717, 1.165) is 23.6 Å². The maximum atomic E-state index is 12.8. The minimum atomic E-state index is -4.40. The van der Waals surface area contributed by atoms with Crippen LogP contribution in [0.2, 0.25) is 0 Å². The smallest absolute Gasteiger partial charge is 0.357 e. The topological polar surface area (TPSA) is 98.1 Å². The first kappa shape index (κ1) is 22.7. The van der Waals surface area contributed by atoms with Gasteiger partial charge in [-0.15, -0.1) is 0 Å². The van der Waals surface area contributed by atoms with Crippen molar-refractivity contribution >= 4 is 28.3 Å². The first-order valence-corrected chi connectivity index (χ1v) is 10.5. The average Bonchev–Trinajstić information content (AvgIpc) is 3.22. The Morgan fingerprint density at radius 1 is 1.15 bits per heavy atom. The van der Waals surface area contributed by atoms with Crippen molar-refractivity contribution in [2.45, 2.75) is 38.1 Å².